The average molecular weight is 148 g/mol. The molecular formula is C3H8CaO4. The molecule has 0 saturated heterocycles. The Morgan fingerprint density at radius 3 is 2.38 bits per heavy atom. The minimum absolute atomic E-state index is 0. The molecule has 46 valence electrons. The molecule has 0 bridgehead atoms. The van der Waals surface area contributed by atoms with Crippen molar-refractivity contribution in [1.29, 1.82) is 0 Å². The molecule has 0 unspecified atom stereocenters. The second-order valence-electron chi connectivity index (χ2n) is 0.774. The zero-order chi connectivity index (χ0) is 5.70. The van der Waals surface area contributed by atoms with Crippen molar-refractivity contribution in [3.05, 3.63) is 0 Å². The normalized spacial score (nSPS) is 6.75. The molecule has 4 nitrogen and oxygen atoms in total. The topological polar surface area (TPSA) is 55.8 Å². The Morgan fingerprint density at radius 2 is 2.25 bits per heavy atom. The Morgan fingerprint density at radius 1 is 1.75 bits per heavy atom. The number of carbonyl (C=O) groups excluding carboxylic acids is 1. The standard InChI is InChI=1S/C3H6O4.Ca.2H/c1-2-6-3(4)7-5;;;/h5H,2H2,1H3;;;. The molecule has 0 atom stereocenters. The van der Waals surface area contributed by atoms with Crippen LogP contribution in [0.4, 0.5) is 4.79 Å². The third-order valence-electron chi connectivity index (χ3n) is 0.337. The van der Waals surface area contributed by atoms with Gasteiger partial charge in [-0.25, -0.2) is 4.79 Å². The van der Waals surface area contributed by atoms with E-state index in [0.717, 1.165) is 0 Å². The molecule has 0 radical (unpaired) electrons. The Bertz CT molecular complexity index is 64.3. The fourth-order valence-electron chi connectivity index (χ4n) is 0.144. The van der Waals surface area contributed by atoms with Gasteiger partial charge >= 0.3 is 43.9 Å². The average Bonchev–Trinajstić information content (AvgIpc) is 1.68. The summed E-state index contributed by atoms with van der Waals surface area (Å²) in [6, 6.07) is 0. The molecule has 0 aromatic rings. The second kappa shape index (κ2) is 7.49. The molecule has 0 saturated carbocycles. The third-order valence-corrected chi connectivity index (χ3v) is 0.337. The van der Waals surface area contributed by atoms with E-state index in [-0.39, 0.29) is 44.3 Å². The van der Waals surface area contributed by atoms with Crippen molar-refractivity contribution in [3.63, 3.8) is 0 Å². The van der Waals surface area contributed by atoms with Crippen molar-refractivity contribution in [3.8, 4) is 0 Å². The van der Waals surface area contributed by atoms with E-state index in [1.165, 1.54) is 0 Å². The van der Waals surface area contributed by atoms with Crippen LogP contribution in [0.3, 0.4) is 0 Å². The summed E-state index contributed by atoms with van der Waals surface area (Å²) >= 11 is 0. The predicted octanol–water partition coefficient (Wildman–Crippen LogP) is -0.284. The van der Waals surface area contributed by atoms with Crippen molar-refractivity contribution >= 4 is 43.9 Å². The molecule has 0 spiro atoms. The van der Waals surface area contributed by atoms with E-state index < -0.39 is 6.16 Å². The number of carbonyl (C=O) groups is 1. The van der Waals surface area contributed by atoms with Crippen LogP contribution in [0.2, 0.25) is 0 Å². The summed E-state index contributed by atoms with van der Waals surface area (Å²) in [5.41, 5.74) is 0. The summed E-state index contributed by atoms with van der Waals surface area (Å²) in [6.07, 6.45) is -1.07. The van der Waals surface area contributed by atoms with Gasteiger partial charge in [0, 0.05) is 0 Å². The number of rotatable bonds is 1. The fraction of sp³-hybridized carbons (Fsp3) is 0.667. The molecular weight excluding hydrogens is 140 g/mol. The van der Waals surface area contributed by atoms with Crippen LogP contribution in [0, 0.1) is 0 Å². The summed E-state index contributed by atoms with van der Waals surface area (Å²) in [6.45, 7) is 1.82. The van der Waals surface area contributed by atoms with Crippen LogP contribution >= 0.6 is 0 Å². The molecule has 0 aromatic carbocycles. The van der Waals surface area contributed by atoms with E-state index in [0.29, 0.717) is 0 Å². The number of ether oxygens (including phenoxy) is 1. The molecule has 0 heterocycles. The molecule has 0 aliphatic carbocycles. The summed E-state index contributed by atoms with van der Waals surface area (Å²) in [5.74, 6) is 0. The van der Waals surface area contributed by atoms with Crippen molar-refractivity contribution in [1.82, 2.24) is 0 Å². The predicted molar refractivity (Wildman–Crippen MR) is 29.3 cm³/mol. The molecule has 5 heteroatoms. The van der Waals surface area contributed by atoms with Crippen LogP contribution in [0.5, 0.6) is 0 Å². The Balaban J connectivity index is 0. The maximum absolute atomic E-state index is 9.72. The van der Waals surface area contributed by atoms with Gasteiger partial charge in [0.2, 0.25) is 0 Å². The third kappa shape index (κ3) is 6.49. The van der Waals surface area contributed by atoms with E-state index in [2.05, 4.69) is 9.62 Å². The summed E-state index contributed by atoms with van der Waals surface area (Å²) in [4.78, 5) is 12.8. The van der Waals surface area contributed by atoms with Crippen LogP contribution < -0.4 is 0 Å². The van der Waals surface area contributed by atoms with Crippen molar-refractivity contribution < 1.29 is 19.7 Å². The van der Waals surface area contributed by atoms with Gasteiger partial charge in [-0.05, 0) is 6.92 Å². The van der Waals surface area contributed by atoms with Crippen LogP contribution in [0.25, 0.3) is 0 Å². The Labute approximate surface area is 76.7 Å². The first-order valence-electron chi connectivity index (χ1n) is 1.79. The number of hydrogen-bond acceptors (Lipinski definition) is 4. The van der Waals surface area contributed by atoms with E-state index in [1.807, 2.05) is 0 Å². The monoisotopic (exact) mass is 148 g/mol. The maximum atomic E-state index is 9.72. The molecule has 8 heavy (non-hydrogen) atoms. The van der Waals surface area contributed by atoms with Crippen LogP contribution in [0.15, 0.2) is 0 Å². The van der Waals surface area contributed by atoms with Crippen molar-refractivity contribution in [2.24, 2.45) is 0 Å². The van der Waals surface area contributed by atoms with E-state index in [9.17, 15) is 4.79 Å². The van der Waals surface area contributed by atoms with Gasteiger partial charge in [0.1, 0.15) is 0 Å². The zero-order valence-corrected chi connectivity index (χ0v) is 3.88. The quantitative estimate of drug-likeness (QED) is 0.240. The van der Waals surface area contributed by atoms with Gasteiger partial charge in [-0.15, -0.1) is 0 Å². The summed E-state index contributed by atoms with van der Waals surface area (Å²) in [7, 11) is 0. The number of hydrogen-bond donors (Lipinski definition) is 1. The van der Waals surface area contributed by atoms with Crippen molar-refractivity contribution in [2.75, 3.05) is 6.61 Å². The molecule has 0 aliphatic rings. The first-order chi connectivity index (χ1) is 3.31. The molecule has 0 rings (SSSR count). The molecule has 0 fully saturated rings. The van der Waals surface area contributed by atoms with Gasteiger partial charge in [0.05, 0.1) is 6.61 Å². The Hall–Kier alpha value is 0.490. The zero-order valence-electron chi connectivity index (χ0n) is 3.88. The van der Waals surface area contributed by atoms with E-state index in [4.69, 9.17) is 5.26 Å². The molecule has 1 N–H and O–H groups in total. The van der Waals surface area contributed by atoms with Gasteiger partial charge in [-0.2, -0.15) is 5.26 Å². The van der Waals surface area contributed by atoms with E-state index >= 15 is 0 Å². The molecule has 0 aromatic heterocycles. The van der Waals surface area contributed by atoms with Crippen LogP contribution in [-0.4, -0.2) is 55.8 Å². The minimum atomic E-state index is -1.07. The van der Waals surface area contributed by atoms with Gasteiger partial charge < -0.3 is 4.74 Å². The first kappa shape index (κ1) is 11.3. The second-order valence-corrected chi connectivity index (χ2v) is 0.774. The molecule has 0 aliphatic heterocycles. The van der Waals surface area contributed by atoms with Gasteiger partial charge in [0.25, 0.3) is 0 Å². The molecule has 0 amide bonds. The summed E-state index contributed by atoms with van der Waals surface area (Å²) in [5, 5.41) is 7.49. The van der Waals surface area contributed by atoms with E-state index in [1.54, 1.807) is 6.92 Å². The SMILES string of the molecule is CCOC(=O)OO.[CaH2]. The summed E-state index contributed by atoms with van der Waals surface area (Å²) < 4.78 is 4.08. The van der Waals surface area contributed by atoms with Crippen molar-refractivity contribution in [2.45, 2.75) is 6.92 Å². The Kier molecular flexibility index (Phi) is 10.6. The van der Waals surface area contributed by atoms with Gasteiger partial charge in [-0.1, -0.05) is 0 Å². The fourth-order valence-corrected chi connectivity index (χ4v) is 0.144. The first-order valence-corrected chi connectivity index (χ1v) is 1.79. The van der Waals surface area contributed by atoms with Crippen LogP contribution in [-0.2, 0) is 9.62 Å². The van der Waals surface area contributed by atoms with Gasteiger partial charge in [0.15, 0.2) is 0 Å². The van der Waals surface area contributed by atoms with Crippen LogP contribution in [0.1, 0.15) is 6.92 Å². The van der Waals surface area contributed by atoms with Gasteiger partial charge in [-0.3, -0.25) is 4.89 Å².